The van der Waals surface area contributed by atoms with Crippen LogP contribution in [0.2, 0.25) is 19.6 Å². The molecule has 5 aromatic rings. The first kappa shape index (κ1) is 20.0. The predicted molar refractivity (Wildman–Crippen MR) is 135 cm³/mol. The SMILES string of the molecule is Cc1cc2c(oc3ccccc32)c(-c2cc([Si](C)(C)C)c3c(C)cccc3[n+]2C)c1C. The van der Waals surface area contributed by atoms with Crippen molar-refractivity contribution >= 4 is 46.1 Å². The van der Waals surface area contributed by atoms with Gasteiger partial charge >= 0.3 is 0 Å². The molecule has 0 unspecified atom stereocenters. The standard InChI is InChI=1S/C28H30NOSi/c1-17-11-10-13-22-26(17)25(31(5,6)7)16-23(29(22)4)27-19(3)18(2)15-21-20-12-8-9-14-24(20)30-28(21)27/h8-16H,1-7H3/q+1. The molecule has 3 aromatic carbocycles. The molecule has 2 heterocycles. The highest BCUT2D eigenvalue weighted by molar-refractivity contribution is 6.90. The van der Waals surface area contributed by atoms with Gasteiger partial charge in [-0.05, 0) is 54.8 Å². The van der Waals surface area contributed by atoms with Crippen LogP contribution in [0, 0.1) is 20.8 Å². The van der Waals surface area contributed by atoms with Crippen molar-refractivity contribution in [1.82, 2.24) is 0 Å². The van der Waals surface area contributed by atoms with Crippen molar-refractivity contribution in [3.05, 3.63) is 71.3 Å². The maximum Gasteiger partial charge on any atom is 0.216 e. The van der Waals surface area contributed by atoms with Crippen LogP contribution in [-0.2, 0) is 7.05 Å². The Morgan fingerprint density at radius 3 is 2.29 bits per heavy atom. The van der Waals surface area contributed by atoms with Crippen LogP contribution in [0.3, 0.4) is 0 Å². The van der Waals surface area contributed by atoms with Gasteiger partial charge in [0.15, 0.2) is 0 Å². The lowest BCUT2D eigenvalue weighted by atomic mass is 9.95. The summed E-state index contributed by atoms with van der Waals surface area (Å²) in [7, 11) is 0.605. The zero-order valence-electron chi connectivity index (χ0n) is 19.6. The molecule has 2 aromatic heterocycles. The van der Waals surface area contributed by atoms with Gasteiger partial charge in [-0.3, -0.25) is 0 Å². The molecule has 0 aliphatic heterocycles. The number of hydrogen-bond acceptors (Lipinski definition) is 1. The first-order chi connectivity index (χ1) is 14.7. The molecule has 0 bridgehead atoms. The summed E-state index contributed by atoms with van der Waals surface area (Å²) in [5, 5.41) is 5.32. The Morgan fingerprint density at radius 1 is 0.806 bits per heavy atom. The fourth-order valence-corrected chi connectivity index (χ4v) is 6.59. The molecule has 0 aliphatic rings. The molecule has 0 aliphatic carbocycles. The van der Waals surface area contributed by atoms with E-state index in [0.29, 0.717) is 0 Å². The van der Waals surface area contributed by atoms with E-state index in [9.17, 15) is 0 Å². The van der Waals surface area contributed by atoms with Gasteiger partial charge in [-0.25, -0.2) is 0 Å². The van der Waals surface area contributed by atoms with Crippen molar-refractivity contribution in [2.24, 2.45) is 7.05 Å². The molecule has 0 atom stereocenters. The summed E-state index contributed by atoms with van der Waals surface area (Å²) in [6.07, 6.45) is 0. The summed E-state index contributed by atoms with van der Waals surface area (Å²) in [6, 6.07) is 19.8. The number of nitrogens with zero attached hydrogens (tertiary/aromatic N) is 1. The third-order valence-corrected chi connectivity index (χ3v) is 8.79. The summed E-state index contributed by atoms with van der Waals surface area (Å²) in [4.78, 5) is 0. The molecule has 3 heteroatoms. The Kier molecular flexibility index (Phi) is 4.39. The van der Waals surface area contributed by atoms with Gasteiger partial charge < -0.3 is 4.42 Å². The van der Waals surface area contributed by atoms with E-state index in [1.165, 1.54) is 54.8 Å². The Labute approximate surface area is 185 Å². The molecule has 0 radical (unpaired) electrons. The maximum absolute atomic E-state index is 6.49. The second kappa shape index (κ2) is 6.79. The Balaban J connectivity index is 1.99. The summed E-state index contributed by atoms with van der Waals surface area (Å²) in [5.41, 5.74) is 9.63. The number of hydrogen-bond donors (Lipinski definition) is 0. The van der Waals surface area contributed by atoms with Gasteiger partial charge in [0.2, 0.25) is 11.2 Å². The van der Waals surface area contributed by atoms with Crippen LogP contribution >= 0.6 is 0 Å². The van der Waals surface area contributed by atoms with Crippen molar-refractivity contribution in [1.29, 1.82) is 0 Å². The highest BCUT2D eigenvalue weighted by Gasteiger charge is 2.29. The number of aromatic nitrogens is 1. The van der Waals surface area contributed by atoms with E-state index in [0.717, 1.165) is 11.2 Å². The third kappa shape index (κ3) is 2.94. The lowest BCUT2D eigenvalue weighted by molar-refractivity contribution is -0.633. The van der Waals surface area contributed by atoms with Crippen molar-refractivity contribution in [2.75, 3.05) is 0 Å². The third-order valence-electron chi connectivity index (χ3n) is 6.78. The predicted octanol–water partition coefficient (Wildman–Crippen LogP) is 6.70. The normalized spacial score (nSPS) is 12.4. The van der Waals surface area contributed by atoms with E-state index in [1.54, 1.807) is 0 Å². The van der Waals surface area contributed by atoms with Gasteiger partial charge in [-0.1, -0.05) is 50.0 Å². The van der Waals surface area contributed by atoms with Gasteiger partial charge in [0.05, 0.1) is 13.6 Å². The number of aryl methyl sites for hydroxylation is 3. The minimum Gasteiger partial charge on any atom is -0.455 e. The second-order valence-corrected chi connectivity index (χ2v) is 14.9. The van der Waals surface area contributed by atoms with Gasteiger partial charge in [0.25, 0.3) is 0 Å². The molecule has 31 heavy (non-hydrogen) atoms. The molecule has 156 valence electrons. The van der Waals surface area contributed by atoms with E-state index in [2.05, 4.69) is 101 Å². The maximum atomic E-state index is 6.49. The Hall–Kier alpha value is -2.91. The summed E-state index contributed by atoms with van der Waals surface area (Å²) < 4.78 is 8.85. The number of fused-ring (bicyclic) bond motifs is 4. The van der Waals surface area contributed by atoms with Crippen LogP contribution in [0.5, 0.6) is 0 Å². The van der Waals surface area contributed by atoms with E-state index in [-0.39, 0.29) is 0 Å². The van der Waals surface area contributed by atoms with Crippen molar-refractivity contribution in [2.45, 2.75) is 40.4 Å². The number of para-hydroxylation sites is 1. The minimum absolute atomic E-state index is 0.952. The van der Waals surface area contributed by atoms with Crippen molar-refractivity contribution < 1.29 is 8.98 Å². The highest BCUT2D eigenvalue weighted by atomic mass is 28.3. The monoisotopic (exact) mass is 424 g/mol. The average Bonchev–Trinajstić information content (AvgIpc) is 3.07. The number of rotatable bonds is 2. The number of furan rings is 1. The first-order valence-corrected chi connectivity index (χ1v) is 14.5. The van der Waals surface area contributed by atoms with Crippen LogP contribution in [0.15, 0.2) is 59.0 Å². The van der Waals surface area contributed by atoms with Crippen molar-refractivity contribution in [3.8, 4) is 11.3 Å². The number of benzene rings is 3. The first-order valence-electron chi connectivity index (χ1n) is 11.0. The molecule has 5 rings (SSSR count). The second-order valence-electron chi connectivity index (χ2n) is 9.89. The Morgan fingerprint density at radius 2 is 1.55 bits per heavy atom. The quantitative estimate of drug-likeness (QED) is 0.228. The van der Waals surface area contributed by atoms with E-state index in [4.69, 9.17) is 4.42 Å². The zero-order chi connectivity index (χ0) is 22.1. The van der Waals surface area contributed by atoms with Crippen LogP contribution in [0.1, 0.15) is 16.7 Å². The van der Waals surface area contributed by atoms with Gasteiger partial charge in [0.1, 0.15) is 18.2 Å². The van der Waals surface area contributed by atoms with Gasteiger partial charge in [-0.2, -0.15) is 4.57 Å². The zero-order valence-corrected chi connectivity index (χ0v) is 20.6. The fourth-order valence-electron chi connectivity index (χ4n) is 4.94. The molecule has 2 nitrogen and oxygen atoms in total. The van der Waals surface area contributed by atoms with Gasteiger partial charge in [0, 0.05) is 28.3 Å². The smallest absolute Gasteiger partial charge is 0.216 e. The summed E-state index contributed by atoms with van der Waals surface area (Å²) in [6.45, 7) is 14.0. The highest BCUT2D eigenvalue weighted by Crippen LogP contribution is 2.38. The lowest BCUT2D eigenvalue weighted by Crippen LogP contribution is -2.44. The van der Waals surface area contributed by atoms with Crippen LogP contribution < -0.4 is 9.75 Å². The van der Waals surface area contributed by atoms with Crippen molar-refractivity contribution in [3.63, 3.8) is 0 Å². The molecule has 0 spiro atoms. The molecule has 0 saturated carbocycles. The van der Waals surface area contributed by atoms with Crippen LogP contribution in [0.4, 0.5) is 0 Å². The molecular weight excluding hydrogens is 394 g/mol. The summed E-state index contributed by atoms with van der Waals surface area (Å²) >= 11 is 0. The summed E-state index contributed by atoms with van der Waals surface area (Å²) in [5.74, 6) is 0. The topological polar surface area (TPSA) is 17.0 Å². The average molecular weight is 425 g/mol. The van der Waals surface area contributed by atoms with E-state index >= 15 is 0 Å². The number of pyridine rings is 1. The van der Waals surface area contributed by atoms with E-state index in [1.807, 2.05) is 6.07 Å². The molecule has 0 amide bonds. The molecule has 0 fully saturated rings. The van der Waals surface area contributed by atoms with Crippen LogP contribution in [0.25, 0.3) is 44.1 Å². The fraction of sp³-hybridized carbons (Fsp3) is 0.250. The van der Waals surface area contributed by atoms with E-state index < -0.39 is 8.07 Å². The largest absolute Gasteiger partial charge is 0.455 e. The van der Waals surface area contributed by atoms with Gasteiger partial charge in [-0.15, -0.1) is 0 Å². The Bertz CT molecular complexity index is 1500. The lowest BCUT2D eigenvalue weighted by Gasteiger charge is -2.21. The molecule has 0 saturated heterocycles. The minimum atomic E-state index is -1.59. The molecule has 0 N–H and O–H groups in total. The van der Waals surface area contributed by atoms with Crippen LogP contribution in [-0.4, -0.2) is 8.07 Å². The molecular formula is C28H30NOSi+.